The van der Waals surface area contributed by atoms with Crippen molar-refractivity contribution >= 4 is 23.5 Å². The summed E-state index contributed by atoms with van der Waals surface area (Å²) in [6.45, 7) is 8.45. The lowest BCUT2D eigenvalue weighted by atomic mass is 9.98. The van der Waals surface area contributed by atoms with Gasteiger partial charge in [0.25, 0.3) is 5.91 Å². The average Bonchev–Trinajstić information content (AvgIpc) is 3.61. The number of halogens is 2. The second-order valence-corrected chi connectivity index (χ2v) is 10.5. The van der Waals surface area contributed by atoms with E-state index in [0.717, 1.165) is 48.4 Å². The van der Waals surface area contributed by atoms with E-state index in [1.54, 1.807) is 21.8 Å². The minimum Gasteiger partial charge on any atom is -0.381 e. The van der Waals surface area contributed by atoms with Crippen molar-refractivity contribution in [1.82, 2.24) is 29.2 Å². The van der Waals surface area contributed by atoms with Gasteiger partial charge in [0.1, 0.15) is 11.5 Å². The van der Waals surface area contributed by atoms with Gasteiger partial charge in [-0.3, -0.25) is 9.48 Å². The molecule has 0 spiro atoms. The molecule has 0 saturated carbocycles. The van der Waals surface area contributed by atoms with Gasteiger partial charge in [0, 0.05) is 69.1 Å². The summed E-state index contributed by atoms with van der Waals surface area (Å²) >= 11 is 5.96. The predicted octanol–water partition coefficient (Wildman–Crippen LogP) is 5.64. The van der Waals surface area contributed by atoms with E-state index in [0.29, 0.717) is 30.3 Å². The van der Waals surface area contributed by atoms with E-state index < -0.39 is 11.9 Å². The van der Waals surface area contributed by atoms with Crippen LogP contribution in [0, 0.1) is 12.7 Å². The van der Waals surface area contributed by atoms with Crippen LogP contribution in [0.4, 0.5) is 10.3 Å². The number of ether oxygens (including phenoxy) is 1. The van der Waals surface area contributed by atoms with Gasteiger partial charge in [-0.05, 0) is 49.1 Å². The summed E-state index contributed by atoms with van der Waals surface area (Å²) in [7, 11) is 1.81. The van der Waals surface area contributed by atoms with Crippen LogP contribution in [0.25, 0.3) is 11.3 Å². The van der Waals surface area contributed by atoms with Crippen LogP contribution in [0.1, 0.15) is 59.9 Å². The Bertz CT molecular complexity index is 1530. The van der Waals surface area contributed by atoms with Crippen LogP contribution in [0.15, 0.2) is 49.1 Å². The molecule has 5 heterocycles. The zero-order valence-electron chi connectivity index (χ0n) is 23.8. The van der Waals surface area contributed by atoms with Gasteiger partial charge >= 0.3 is 0 Å². The molecule has 2 aliphatic rings. The zero-order valence-corrected chi connectivity index (χ0v) is 24.5. The smallest absolute Gasteiger partial charge is 0.271 e. The molecule has 0 bridgehead atoms. The molecule has 6 rings (SSSR count). The number of anilines is 1. The molecule has 11 heteroatoms. The van der Waals surface area contributed by atoms with Crippen molar-refractivity contribution in [3.8, 4) is 11.3 Å². The maximum absolute atomic E-state index is 14.5. The lowest BCUT2D eigenvalue weighted by Gasteiger charge is -2.35. The molecule has 0 aliphatic carbocycles. The minimum absolute atomic E-state index is 0.0399. The Balaban J connectivity index is 0.00000165. The molecular weight excluding hydrogens is 545 g/mol. The number of nitrogens with zero attached hydrogens (tertiary/aromatic N) is 6. The average molecular weight is 580 g/mol. The third-order valence-electron chi connectivity index (χ3n) is 7.37. The SMILES string of the molecule is CC.Cc1cnc(NC2CCOCC2)nc1-c1cc2n(c1)CCN(C(c1ccc(Cl)c(F)c1)c1cnn(C)c1)C2=O. The molecule has 2 aliphatic heterocycles. The number of carbonyl (C=O) groups excluding carboxylic acids is 1. The Labute approximate surface area is 244 Å². The van der Waals surface area contributed by atoms with Gasteiger partial charge in [-0.25, -0.2) is 14.4 Å². The second kappa shape index (κ2) is 12.4. The topological polar surface area (TPSA) is 90.1 Å². The largest absolute Gasteiger partial charge is 0.381 e. The van der Waals surface area contributed by atoms with Gasteiger partial charge < -0.3 is 19.5 Å². The quantitative estimate of drug-likeness (QED) is 0.318. The van der Waals surface area contributed by atoms with E-state index in [9.17, 15) is 9.18 Å². The van der Waals surface area contributed by atoms with Crippen LogP contribution in [0.3, 0.4) is 0 Å². The lowest BCUT2D eigenvalue weighted by molar-refractivity contribution is 0.0649. The Hall–Kier alpha value is -3.76. The van der Waals surface area contributed by atoms with Crippen molar-refractivity contribution < 1.29 is 13.9 Å². The first kappa shape index (κ1) is 28.8. The molecule has 1 atom stereocenters. The van der Waals surface area contributed by atoms with E-state index in [1.165, 1.54) is 12.1 Å². The molecule has 216 valence electrons. The summed E-state index contributed by atoms with van der Waals surface area (Å²) in [5, 5.41) is 7.76. The number of amides is 1. The van der Waals surface area contributed by atoms with Crippen LogP contribution < -0.4 is 5.32 Å². The van der Waals surface area contributed by atoms with Gasteiger partial charge in [-0.1, -0.05) is 31.5 Å². The van der Waals surface area contributed by atoms with Gasteiger partial charge in [0.2, 0.25) is 5.95 Å². The molecule has 1 amide bonds. The molecule has 1 aromatic carbocycles. The van der Waals surface area contributed by atoms with Crippen LogP contribution in [0.2, 0.25) is 5.02 Å². The zero-order chi connectivity index (χ0) is 29.1. The molecule has 3 aromatic heterocycles. The molecule has 1 fully saturated rings. The maximum Gasteiger partial charge on any atom is 0.271 e. The Morgan fingerprint density at radius 2 is 1.88 bits per heavy atom. The van der Waals surface area contributed by atoms with E-state index in [4.69, 9.17) is 21.3 Å². The van der Waals surface area contributed by atoms with Crippen molar-refractivity contribution in [3.63, 3.8) is 0 Å². The molecular formula is C30H35ClFN7O2. The van der Waals surface area contributed by atoms with Gasteiger partial charge in [-0.15, -0.1) is 0 Å². The van der Waals surface area contributed by atoms with Gasteiger partial charge in [0.05, 0.1) is 23.0 Å². The summed E-state index contributed by atoms with van der Waals surface area (Å²) in [5.74, 6) is -0.104. The van der Waals surface area contributed by atoms with Crippen molar-refractivity contribution in [3.05, 3.63) is 82.3 Å². The summed E-state index contributed by atoms with van der Waals surface area (Å²) in [4.78, 5) is 25.0. The monoisotopic (exact) mass is 579 g/mol. The lowest BCUT2D eigenvalue weighted by Crippen LogP contribution is -2.42. The third-order valence-corrected chi connectivity index (χ3v) is 7.68. The first-order valence-corrected chi connectivity index (χ1v) is 14.4. The van der Waals surface area contributed by atoms with Crippen LogP contribution >= 0.6 is 11.6 Å². The Morgan fingerprint density at radius 1 is 1.10 bits per heavy atom. The fourth-order valence-corrected chi connectivity index (χ4v) is 5.48. The second-order valence-electron chi connectivity index (χ2n) is 10.1. The highest BCUT2D eigenvalue weighted by Crippen LogP contribution is 2.35. The first-order chi connectivity index (χ1) is 19.9. The van der Waals surface area contributed by atoms with Crippen LogP contribution in [-0.4, -0.2) is 60.9 Å². The number of hydrogen-bond acceptors (Lipinski definition) is 6. The number of carbonyl (C=O) groups is 1. The molecule has 41 heavy (non-hydrogen) atoms. The summed E-state index contributed by atoms with van der Waals surface area (Å²) in [6, 6.07) is 6.31. The fourth-order valence-electron chi connectivity index (χ4n) is 5.36. The van der Waals surface area contributed by atoms with Crippen molar-refractivity contribution in [2.24, 2.45) is 7.05 Å². The van der Waals surface area contributed by atoms with Crippen molar-refractivity contribution in [1.29, 1.82) is 0 Å². The molecule has 1 unspecified atom stereocenters. The van der Waals surface area contributed by atoms with E-state index >= 15 is 0 Å². The molecule has 0 radical (unpaired) electrons. The standard InChI is InChI=1S/C28H29ClFN7O2.C2H6/c1-17-13-31-28(33-21-5-9-39-10-6-21)34-25(17)19-12-24-27(38)37(8-7-36(24)16-19)26(20-14-32-35(2)15-20)18-3-4-22(29)23(30)11-18;1-2/h3-4,11-16,21,26H,5-10H2,1-2H3,(H,31,33,34);1-2H3. The maximum atomic E-state index is 14.5. The summed E-state index contributed by atoms with van der Waals surface area (Å²) < 4.78 is 23.6. The number of rotatable bonds is 6. The van der Waals surface area contributed by atoms with E-state index in [1.807, 2.05) is 57.0 Å². The van der Waals surface area contributed by atoms with Crippen molar-refractivity contribution in [2.45, 2.75) is 52.2 Å². The summed E-state index contributed by atoms with van der Waals surface area (Å²) in [5.41, 5.74) is 4.54. The molecule has 1 N–H and O–H groups in total. The molecule has 4 aromatic rings. The minimum atomic E-state index is -0.525. The number of aryl methyl sites for hydroxylation is 2. The number of nitrogens with one attached hydrogen (secondary N) is 1. The normalized spacial score (nSPS) is 16.1. The molecule has 9 nitrogen and oxygen atoms in total. The third kappa shape index (κ3) is 5.99. The first-order valence-electron chi connectivity index (χ1n) is 14.0. The van der Waals surface area contributed by atoms with Crippen LogP contribution in [0.5, 0.6) is 0 Å². The number of hydrogen-bond donors (Lipinski definition) is 1. The van der Waals surface area contributed by atoms with Gasteiger partial charge in [0.15, 0.2) is 0 Å². The van der Waals surface area contributed by atoms with Gasteiger partial charge in [-0.2, -0.15) is 5.10 Å². The molecule has 1 saturated heterocycles. The Morgan fingerprint density at radius 3 is 2.59 bits per heavy atom. The predicted molar refractivity (Wildman–Crippen MR) is 157 cm³/mol. The Kier molecular flexibility index (Phi) is 8.70. The fraction of sp³-hybridized carbons (Fsp3) is 0.400. The number of aromatic nitrogens is 5. The number of fused-ring (bicyclic) bond motifs is 1. The van der Waals surface area contributed by atoms with Crippen LogP contribution in [-0.2, 0) is 18.3 Å². The highest BCUT2D eigenvalue weighted by molar-refractivity contribution is 6.30. The highest BCUT2D eigenvalue weighted by atomic mass is 35.5. The number of benzene rings is 1. The van der Waals surface area contributed by atoms with Crippen molar-refractivity contribution in [2.75, 3.05) is 25.1 Å². The summed E-state index contributed by atoms with van der Waals surface area (Å²) in [6.07, 6.45) is 9.16. The van der Waals surface area contributed by atoms with E-state index in [2.05, 4.69) is 15.4 Å². The van der Waals surface area contributed by atoms with E-state index in [-0.39, 0.29) is 17.0 Å². The highest BCUT2D eigenvalue weighted by Gasteiger charge is 2.34.